The second kappa shape index (κ2) is 9.30. The Balaban J connectivity index is 1.24. The number of hydrogen-bond donors (Lipinski definition) is 7. The number of nitrogens with zero attached hydrogens (tertiary/aromatic N) is 6. The van der Waals surface area contributed by atoms with Crippen LogP contribution in [0.1, 0.15) is 18.9 Å². The zero-order valence-electron chi connectivity index (χ0n) is 18.7. The van der Waals surface area contributed by atoms with Crippen LogP contribution in [0.25, 0.3) is 11.2 Å². The molecule has 36 heavy (non-hydrogen) atoms. The molecule has 0 unspecified atom stereocenters. The van der Waals surface area contributed by atoms with Gasteiger partial charge in [0.1, 0.15) is 36.0 Å². The largest absolute Gasteiger partial charge is 0.393 e. The maximum atomic E-state index is 12.1. The second-order valence-electron chi connectivity index (χ2n) is 8.46. The van der Waals surface area contributed by atoms with Gasteiger partial charge < -0.3 is 41.4 Å². The smallest absolute Gasteiger partial charge is 0.351 e. The lowest BCUT2D eigenvalue weighted by Crippen LogP contribution is -2.60. The summed E-state index contributed by atoms with van der Waals surface area (Å²) in [5.41, 5.74) is 11.2. The summed E-state index contributed by atoms with van der Waals surface area (Å²) in [6, 6.07) is 1.32. The van der Waals surface area contributed by atoms with E-state index in [-0.39, 0.29) is 24.7 Å². The van der Waals surface area contributed by atoms with Crippen molar-refractivity contribution in [1.82, 2.24) is 34.6 Å². The van der Waals surface area contributed by atoms with Crippen LogP contribution in [0.4, 0.5) is 11.6 Å². The number of hydroxylamine groups is 1. The molecule has 7 atom stereocenters. The van der Waals surface area contributed by atoms with Crippen LogP contribution in [-0.4, -0.2) is 92.9 Å². The molecule has 5 rings (SSSR count). The van der Waals surface area contributed by atoms with E-state index >= 15 is 0 Å². The summed E-state index contributed by atoms with van der Waals surface area (Å²) in [6.07, 6.45) is -2.79. The van der Waals surface area contributed by atoms with Gasteiger partial charge in [0.15, 0.2) is 29.6 Å². The topological polar surface area (TPSA) is 251 Å². The molecule has 17 nitrogen and oxygen atoms in total. The van der Waals surface area contributed by atoms with E-state index in [1.807, 2.05) is 0 Å². The molecule has 9 N–H and O–H groups in total. The van der Waals surface area contributed by atoms with Gasteiger partial charge in [0, 0.05) is 12.6 Å². The normalized spacial score (nSPS) is 32.4. The Bertz CT molecular complexity index is 1300. The number of nitrogen functional groups attached to an aromatic ring is 2. The Morgan fingerprint density at radius 2 is 2.00 bits per heavy atom. The molecule has 2 aliphatic rings. The van der Waals surface area contributed by atoms with Gasteiger partial charge in [-0.25, -0.2) is 19.7 Å². The van der Waals surface area contributed by atoms with Crippen molar-refractivity contribution in [2.24, 2.45) is 0 Å². The minimum absolute atomic E-state index is 0.0316. The summed E-state index contributed by atoms with van der Waals surface area (Å²) < 4.78 is 13.8. The molecule has 2 fully saturated rings. The quantitative estimate of drug-likeness (QED) is 0.120. The van der Waals surface area contributed by atoms with E-state index in [0.717, 1.165) is 4.57 Å². The van der Waals surface area contributed by atoms with Gasteiger partial charge >= 0.3 is 5.69 Å². The van der Waals surface area contributed by atoms with E-state index in [0.29, 0.717) is 11.2 Å². The SMILES string of the molecule is Nc1ccn([C@@H]2O[C@H](CO)[C@@](O)(NOC[C@@H]3C[C@@H](O)[C@H](n4cnc5c(N)ncnc54)O3)[C@H]2O)c(=O)n1. The van der Waals surface area contributed by atoms with E-state index in [2.05, 4.69) is 25.4 Å². The summed E-state index contributed by atoms with van der Waals surface area (Å²) in [5, 5.41) is 42.0. The van der Waals surface area contributed by atoms with Crippen LogP contribution in [0.5, 0.6) is 0 Å². The Kier molecular flexibility index (Phi) is 6.30. The first-order chi connectivity index (χ1) is 17.2. The second-order valence-corrected chi connectivity index (χ2v) is 8.46. The van der Waals surface area contributed by atoms with Crippen LogP contribution in [0, 0.1) is 0 Å². The summed E-state index contributed by atoms with van der Waals surface area (Å²) in [4.78, 5) is 33.3. The molecule has 2 saturated heterocycles. The van der Waals surface area contributed by atoms with E-state index < -0.39 is 54.9 Å². The summed E-state index contributed by atoms with van der Waals surface area (Å²) >= 11 is 0. The molecule has 0 bridgehead atoms. The van der Waals surface area contributed by atoms with Crippen molar-refractivity contribution < 1.29 is 34.7 Å². The molecule has 5 heterocycles. The van der Waals surface area contributed by atoms with Crippen LogP contribution in [-0.2, 0) is 14.3 Å². The first kappa shape index (κ1) is 24.4. The van der Waals surface area contributed by atoms with Crippen molar-refractivity contribution >= 4 is 22.8 Å². The van der Waals surface area contributed by atoms with Gasteiger partial charge in [-0.05, 0) is 6.07 Å². The minimum Gasteiger partial charge on any atom is -0.393 e. The number of aliphatic hydroxyl groups excluding tert-OH is 3. The van der Waals surface area contributed by atoms with Crippen LogP contribution < -0.4 is 22.6 Å². The predicted octanol–water partition coefficient (Wildman–Crippen LogP) is -3.64. The van der Waals surface area contributed by atoms with E-state index in [1.165, 1.54) is 29.5 Å². The zero-order chi connectivity index (χ0) is 25.6. The maximum absolute atomic E-state index is 12.1. The number of nitrogens with two attached hydrogens (primary N) is 2. The maximum Gasteiger partial charge on any atom is 0.351 e. The standard InChI is InChI=1S/C19H25N9O8/c20-11-1-2-27(18(32)25-11)17-13(31)19(33,10(4-29)36-17)26-34-5-8-3-9(30)16(35-8)28-7-24-12-14(21)22-6-23-15(12)28/h1-2,6-10,13,16-17,26,29-31,33H,3-5H2,(H2,20,25,32)(H2,21,22,23)/t8-,9+,10+,13-,16+,17+,19-/m0/s1. The van der Waals surface area contributed by atoms with Crippen molar-refractivity contribution in [1.29, 1.82) is 0 Å². The molecule has 0 radical (unpaired) electrons. The van der Waals surface area contributed by atoms with Gasteiger partial charge in [0.25, 0.3) is 0 Å². The van der Waals surface area contributed by atoms with Crippen LogP contribution in [0.3, 0.4) is 0 Å². The van der Waals surface area contributed by atoms with Crippen LogP contribution in [0.2, 0.25) is 0 Å². The van der Waals surface area contributed by atoms with E-state index in [9.17, 15) is 25.2 Å². The molecule has 17 heteroatoms. The summed E-state index contributed by atoms with van der Waals surface area (Å²) in [6.45, 7) is -0.879. The summed E-state index contributed by atoms with van der Waals surface area (Å²) in [5.74, 6) is 0.158. The third-order valence-electron chi connectivity index (χ3n) is 6.14. The Morgan fingerprint density at radius 3 is 2.75 bits per heavy atom. The van der Waals surface area contributed by atoms with Gasteiger partial charge in [0.2, 0.25) is 0 Å². The molecule has 2 aliphatic heterocycles. The molecule has 0 saturated carbocycles. The third-order valence-corrected chi connectivity index (χ3v) is 6.14. The number of anilines is 2. The third kappa shape index (κ3) is 4.06. The Morgan fingerprint density at radius 1 is 1.19 bits per heavy atom. The average molecular weight is 507 g/mol. The fraction of sp³-hybridized carbons (Fsp3) is 0.526. The highest BCUT2D eigenvalue weighted by molar-refractivity contribution is 5.81. The highest BCUT2D eigenvalue weighted by atomic mass is 16.7. The van der Waals surface area contributed by atoms with Crippen molar-refractivity contribution in [3.05, 3.63) is 35.4 Å². The van der Waals surface area contributed by atoms with Crippen molar-refractivity contribution in [2.45, 2.75) is 49.0 Å². The number of hydrogen-bond acceptors (Lipinski definition) is 15. The van der Waals surface area contributed by atoms with E-state index in [1.54, 1.807) is 0 Å². The number of rotatable bonds is 7. The van der Waals surface area contributed by atoms with Crippen molar-refractivity contribution in [2.75, 3.05) is 24.7 Å². The molecule has 194 valence electrons. The molecular formula is C19H25N9O8. The lowest BCUT2D eigenvalue weighted by molar-refractivity contribution is -0.202. The molecule has 0 spiro atoms. The molecule has 0 aliphatic carbocycles. The zero-order valence-corrected chi connectivity index (χ0v) is 18.7. The molecule has 0 amide bonds. The molecule has 3 aromatic rings. The molecule has 3 aromatic heterocycles. The highest BCUT2D eigenvalue weighted by Crippen LogP contribution is 2.35. The molecule has 0 aromatic carbocycles. The number of imidazole rings is 1. The summed E-state index contributed by atoms with van der Waals surface area (Å²) in [7, 11) is 0. The Hall–Kier alpha value is -3.29. The monoisotopic (exact) mass is 507 g/mol. The first-order valence-corrected chi connectivity index (χ1v) is 10.9. The number of ether oxygens (including phenoxy) is 2. The average Bonchev–Trinajstić information content (AvgIpc) is 3.50. The fourth-order valence-electron chi connectivity index (χ4n) is 4.29. The lowest BCUT2D eigenvalue weighted by atomic mass is 10.0. The highest BCUT2D eigenvalue weighted by Gasteiger charge is 2.57. The number of aromatic nitrogens is 6. The number of nitrogens with one attached hydrogen (secondary N) is 1. The van der Waals surface area contributed by atoms with Crippen LogP contribution in [0.15, 0.2) is 29.7 Å². The van der Waals surface area contributed by atoms with Crippen molar-refractivity contribution in [3.8, 4) is 0 Å². The van der Waals surface area contributed by atoms with E-state index in [4.69, 9.17) is 25.8 Å². The Labute approximate surface area is 201 Å². The first-order valence-electron chi connectivity index (χ1n) is 10.9. The predicted molar refractivity (Wildman–Crippen MR) is 118 cm³/mol. The molecular weight excluding hydrogens is 482 g/mol. The van der Waals surface area contributed by atoms with Gasteiger partial charge in [-0.15, -0.1) is 0 Å². The number of aliphatic hydroxyl groups is 4. The van der Waals surface area contributed by atoms with Crippen LogP contribution >= 0.6 is 0 Å². The van der Waals surface area contributed by atoms with Gasteiger partial charge in [-0.3, -0.25) is 14.0 Å². The fourth-order valence-corrected chi connectivity index (χ4v) is 4.29. The lowest BCUT2D eigenvalue weighted by Gasteiger charge is -2.30. The van der Waals surface area contributed by atoms with Gasteiger partial charge in [0.05, 0.1) is 25.6 Å². The van der Waals surface area contributed by atoms with Crippen molar-refractivity contribution in [3.63, 3.8) is 0 Å². The minimum atomic E-state index is -2.30. The van der Waals surface area contributed by atoms with Gasteiger partial charge in [-0.1, -0.05) is 0 Å². The van der Waals surface area contributed by atoms with Gasteiger partial charge in [-0.2, -0.15) is 10.5 Å². The number of fused-ring (bicyclic) bond motifs is 1.